The van der Waals surface area contributed by atoms with Gasteiger partial charge in [-0.2, -0.15) is 9.78 Å². The first kappa shape index (κ1) is 29.8. The molecule has 3 aromatic heterocycles. The van der Waals surface area contributed by atoms with Gasteiger partial charge in [-0.05, 0) is 66.3 Å². The lowest BCUT2D eigenvalue weighted by Gasteiger charge is -2.20. The molecule has 43 heavy (non-hydrogen) atoms. The molecule has 0 amide bonds. The Labute approximate surface area is 248 Å². The number of aryl methyl sites for hydroxylation is 1. The Morgan fingerprint density at radius 1 is 0.977 bits per heavy atom. The van der Waals surface area contributed by atoms with E-state index in [-0.39, 0.29) is 22.0 Å². The molecule has 4 N–H and O–H groups in total. The van der Waals surface area contributed by atoms with E-state index >= 15 is 4.39 Å². The quantitative estimate of drug-likeness (QED) is 0.257. The van der Waals surface area contributed by atoms with Crippen LogP contribution in [-0.2, 0) is 24.6 Å². The minimum absolute atomic E-state index is 0.0811. The SMILES string of the molecule is Cn1cc(-c2cccc(-n3ncc4cc(C(C)(C)C)cc(F)c4c3=O)c2CO)cc(Nc2ccc(C(C)(C)N)cn2)c1=O. The highest BCUT2D eigenvalue weighted by molar-refractivity contribution is 5.83. The zero-order valence-electron chi connectivity index (χ0n) is 25.1. The number of aliphatic hydroxyl groups is 1. The number of aliphatic hydroxyl groups excluding tert-OH is 1. The minimum atomic E-state index is -0.639. The topological polar surface area (TPSA) is 128 Å². The fraction of sp³-hybridized carbons (Fsp3) is 0.273. The molecule has 2 aromatic carbocycles. The van der Waals surface area contributed by atoms with Gasteiger partial charge in [-0.15, -0.1) is 0 Å². The minimum Gasteiger partial charge on any atom is -0.392 e. The first-order valence-corrected chi connectivity index (χ1v) is 13.9. The maximum absolute atomic E-state index is 15.3. The lowest BCUT2D eigenvalue weighted by Crippen LogP contribution is -2.28. The Morgan fingerprint density at radius 3 is 2.35 bits per heavy atom. The summed E-state index contributed by atoms with van der Waals surface area (Å²) in [4.78, 5) is 31.0. The third-order valence-corrected chi connectivity index (χ3v) is 7.51. The van der Waals surface area contributed by atoms with Gasteiger partial charge in [-0.1, -0.05) is 39.0 Å². The molecule has 5 aromatic rings. The Balaban J connectivity index is 1.61. The van der Waals surface area contributed by atoms with Gasteiger partial charge in [0.05, 0.1) is 23.9 Å². The molecule has 0 aliphatic heterocycles. The normalized spacial score (nSPS) is 12.1. The smallest absolute Gasteiger partial charge is 0.282 e. The van der Waals surface area contributed by atoms with Crippen molar-refractivity contribution in [3.63, 3.8) is 0 Å². The second kappa shape index (κ2) is 10.9. The summed E-state index contributed by atoms with van der Waals surface area (Å²) in [6, 6.07) is 13.5. The summed E-state index contributed by atoms with van der Waals surface area (Å²) >= 11 is 0. The molecule has 10 heteroatoms. The van der Waals surface area contributed by atoms with Crippen LogP contribution in [0.3, 0.4) is 0 Å². The van der Waals surface area contributed by atoms with Gasteiger partial charge >= 0.3 is 0 Å². The summed E-state index contributed by atoms with van der Waals surface area (Å²) in [6.07, 6.45) is 4.76. The third kappa shape index (κ3) is 5.71. The number of rotatable bonds is 6. The summed E-state index contributed by atoms with van der Waals surface area (Å²) in [5, 5.41) is 18.3. The van der Waals surface area contributed by atoms with Crippen molar-refractivity contribution in [2.45, 2.75) is 52.2 Å². The van der Waals surface area contributed by atoms with Crippen LogP contribution in [0.5, 0.6) is 0 Å². The number of benzene rings is 2. The van der Waals surface area contributed by atoms with Crippen LogP contribution < -0.4 is 22.2 Å². The molecule has 5 rings (SSSR count). The number of pyridine rings is 2. The van der Waals surface area contributed by atoms with Crippen LogP contribution in [0.2, 0.25) is 0 Å². The van der Waals surface area contributed by atoms with Crippen LogP contribution in [0, 0.1) is 5.82 Å². The molecule has 0 atom stereocenters. The molecular formula is C33H35FN6O3. The van der Waals surface area contributed by atoms with Crippen molar-refractivity contribution in [2.24, 2.45) is 12.8 Å². The van der Waals surface area contributed by atoms with Crippen molar-refractivity contribution in [3.8, 4) is 16.8 Å². The zero-order valence-corrected chi connectivity index (χ0v) is 25.1. The number of hydrogen-bond donors (Lipinski definition) is 3. The van der Waals surface area contributed by atoms with Crippen molar-refractivity contribution in [2.75, 3.05) is 5.32 Å². The predicted molar refractivity (Wildman–Crippen MR) is 167 cm³/mol. The number of hydrogen-bond acceptors (Lipinski definition) is 7. The van der Waals surface area contributed by atoms with Crippen molar-refractivity contribution in [3.05, 3.63) is 110 Å². The predicted octanol–water partition coefficient (Wildman–Crippen LogP) is 5.01. The van der Waals surface area contributed by atoms with E-state index in [1.807, 2.05) is 40.7 Å². The maximum atomic E-state index is 15.3. The number of nitrogens with zero attached hydrogens (tertiary/aromatic N) is 4. The van der Waals surface area contributed by atoms with Crippen molar-refractivity contribution >= 4 is 22.3 Å². The molecule has 0 aliphatic carbocycles. The molecule has 0 saturated carbocycles. The van der Waals surface area contributed by atoms with Crippen LogP contribution in [0.15, 0.2) is 76.7 Å². The highest BCUT2D eigenvalue weighted by Crippen LogP contribution is 2.31. The fourth-order valence-electron chi connectivity index (χ4n) is 4.98. The van der Waals surface area contributed by atoms with E-state index in [0.29, 0.717) is 33.6 Å². The van der Waals surface area contributed by atoms with Gasteiger partial charge in [0.2, 0.25) is 0 Å². The van der Waals surface area contributed by atoms with E-state index in [1.54, 1.807) is 55.8 Å². The fourth-order valence-corrected chi connectivity index (χ4v) is 4.98. The average molecular weight is 583 g/mol. The molecule has 0 fully saturated rings. The summed E-state index contributed by atoms with van der Waals surface area (Å²) in [5.74, 6) is -0.169. The molecule has 0 saturated heterocycles. The van der Waals surface area contributed by atoms with Gasteiger partial charge in [0.15, 0.2) is 0 Å². The van der Waals surface area contributed by atoms with Crippen molar-refractivity contribution in [1.82, 2.24) is 19.3 Å². The molecular weight excluding hydrogens is 547 g/mol. The van der Waals surface area contributed by atoms with E-state index in [9.17, 15) is 14.7 Å². The van der Waals surface area contributed by atoms with E-state index in [4.69, 9.17) is 5.73 Å². The van der Waals surface area contributed by atoms with Gasteiger partial charge in [-0.25, -0.2) is 9.37 Å². The van der Waals surface area contributed by atoms with Crippen molar-refractivity contribution in [1.29, 1.82) is 0 Å². The van der Waals surface area contributed by atoms with Crippen LogP contribution >= 0.6 is 0 Å². The first-order valence-electron chi connectivity index (χ1n) is 13.9. The largest absolute Gasteiger partial charge is 0.392 e. The maximum Gasteiger partial charge on any atom is 0.282 e. The molecule has 9 nitrogen and oxygen atoms in total. The number of aromatic nitrogens is 4. The molecule has 0 unspecified atom stereocenters. The van der Waals surface area contributed by atoms with Crippen molar-refractivity contribution < 1.29 is 9.50 Å². The van der Waals surface area contributed by atoms with E-state index in [2.05, 4.69) is 15.4 Å². The first-order chi connectivity index (χ1) is 20.2. The summed E-state index contributed by atoms with van der Waals surface area (Å²) < 4.78 is 17.8. The number of fused-ring (bicyclic) bond motifs is 1. The zero-order chi connectivity index (χ0) is 31.3. The third-order valence-electron chi connectivity index (χ3n) is 7.51. The van der Waals surface area contributed by atoms with Crippen LogP contribution in [-0.4, -0.2) is 24.4 Å². The molecule has 0 radical (unpaired) electrons. The molecule has 0 aliphatic rings. The van der Waals surface area contributed by atoms with Crippen LogP contribution in [0.1, 0.15) is 51.3 Å². The van der Waals surface area contributed by atoms with Gasteiger partial charge < -0.3 is 20.7 Å². The van der Waals surface area contributed by atoms with Gasteiger partial charge in [0.1, 0.15) is 17.3 Å². The highest BCUT2D eigenvalue weighted by atomic mass is 19.1. The second-order valence-electron chi connectivity index (χ2n) is 12.3. The van der Waals surface area contributed by atoms with E-state index < -0.39 is 23.5 Å². The number of halogens is 1. The monoisotopic (exact) mass is 582 g/mol. The molecule has 222 valence electrons. The van der Waals surface area contributed by atoms with Gasteiger partial charge in [0.25, 0.3) is 11.1 Å². The summed E-state index contributed by atoms with van der Waals surface area (Å²) in [6.45, 7) is 9.23. The summed E-state index contributed by atoms with van der Waals surface area (Å²) in [7, 11) is 1.62. The van der Waals surface area contributed by atoms with E-state index in [1.165, 1.54) is 16.8 Å². The van der Waals surface area contributed by atoms with Crippen LogP contribution in [0.25, 0.3) is 27.6 Å². The Kier molecular flexibility index (Phi) is 7.53. The second-order valence-corrected chi connectivity index (χ2v) is 12.3. The lowest BCUT2D eigenvalue weighted by atomic mass is 9.86. The lowest BCUT2D eigenvalue weighted by molar-refractivity contribution is 0.282. The standard InChI is InChI=1S/C33H35FN6O3/c1-32(2,3)22-12-19-15-37-40(31(43)29(19)25(34)14-22)27-9-7-8-23(24(27)18-41)20-13-26(30(42)39(6)17-20)38-28-11-10-21(16-36-28)33(4,5)35/h7-17,41H,18,35H2,1-6H3,(H,36,38). The number of anilines is 2. The summed E-state index contributed by atoms with van der Waals surface area (Å²) in [5.41, 5.74) is 8.09. The average Bonchev–Trinajstić information content (AvgIpc) is 2.94. The molecule has 0 bridgehead atoms. The Morgan fingerprint density at radius 2 is 1.72 bits per heavy atom. The van der Waals surface area contributed by atoms with Gasteiger partial charge in [0, 0.05) is 41.5 Å². The van der Waals surface area contributed by atoms with Gasteiger partial charge in [-0.3, -0.25) is 9.59 Å². The van der Waals surface area contributed by atoms with Crippen LogP contribution in [0.4, 0.5) is 15.9 Å². The number of nitrogens with two attached hydrogens (primary N) is 1. The molecule has 3 heterocycles. The number of nitrogens with one attached hydrogen (secondary N) is 1. The van der Waals surface area contributed by atoms with E-state index in [0.717, 1.165) is 15.8 Å². The Hall–Kier alpha value is -4.67. The highest BCUT2D eigenvalue weighted by Gasteiger charge is 2.21. The Bertz CT molecular complexity index is 1970. The molecule has 0 spiro atoms.